The number of fused-ring (bicyclic) bond motifs is 1. The Bertz CT molecular complexity index is 832. The molecule has 2 aromatic rings. The fourth-order valence-corrected chi connectivity index (χ4v) is 3.32. The number of carbonyl (C=O) groups is 2. The van der Waals surface area contributed by atoms with Gasteiger partial charge in [-0.1, -0.05) is 40.0 Å². The average molecular weight is 386 g/mol. The van der Waals surface area contributed by atoms with Gasteiger partial charge in [-0.05, 0) is 31.0 Å². The van der Waals surface area contributed by atoms with Crippen LogP contribution < -0.4 is 16.0 Å². The lowest BCUT2D eigenvalue weighted by Crippen LogP contribution is -2.43. The summed E-state index contributed by atoms with van der Waals surface area (Å²) in [5.41, 5.74) is 1.90. The molecule has 1 saturated carbocycles. The van der Waals surface area contributed by atoms with Crippen molar-refractivity contribution in [1.82, 2.24) is 15.6 Å². The van der Waals surface area contributed by atoms with E-state index in [0.29, 0.717) is 29.2 Å². The minimum Gasteiger partial charge on any atom is -0.440 e. The molecule has 7 nitrogen and oxygen atoms in total. The van der Waals surface area contributed by atoms with Gasteiger partial charge in [0, 0.05) is 30.1 Å². The number of urea groups is 1. The maximum atomic E-state index is 12.2. The molecule has 7 heteroatoms. The number of carbonyl (C=O) groups excluding carboxylic acids is 2. The van der Waals surface area contributed by atoms with Crippen LogP contribution in [0, 0.1) is 0 Å². The number of hydrogen-bond donors (Lipinski definition) is 3. The molecule has 3 amide bonds. The summed E-state index contributed by atoms with van der Waals surface area (Å²) in [6.07, 6.45) is 5.87. The van der Waals surface area contributed by atoms with Gasteiger partial charge in [0.05, 0.1) is 0 Å². The lowest BCUT2D eigenvalue weighted by Gasteiger charge is -2.22. The fraction of sp³-hybridized carbons (Fsp3) is 0.571. The molecular formula is C21H30N4O3. The molecule has 3 rings (SSSR count). The molecule has 1 aliphatic carbocycles. The third kappa shape index (κ3) is 5.47. The van der Waals surface area contributed by atoms with Gasteiger partial charge in [-0.15, -0.1) is 0 Å². The van der Waals surface area contributed by atoms with Crippen molar-refractivity contribution in [1.29, 1.82) is 0 Å². The van der Waals surface area contributed by atoms with E-state index in [2.05, 4.69) is 20.9 Å². The van der Waals surface area contributed by atoms with Crippen LogP contribution in [0.4, 0.5) is 10.5 Å². The normalized spacial score (nSPS) is 15.4. The summed E-state index contributed by atoms with van der Waals surface area (Å²) in [4.78, 5) is 28.6. The Labute approximate surface area is 165 Å². The molecular weight excluding hydrogens is 356 g/mol. The second-order valence-electron chi connectivity index (χ2n) is 8.48. The van der Waals surface area contributed by atoms with Crippen molar-refractivity contribution in [3.05, 3.63) is 24.1 Å². The summed E-state index contributed by atoms with van der Waals surface area (Å²) in [7, 11) is 0. The molecule has 1 aliphatic rings. The Morgan fingerprint density at radius 2 is 1.93 bits per heavy atom. The van der Waals surface area contributed by atoms with E-state index in [-0.39, 0.29) is 29.8 Å². The van der Waals surface area contributed by atoms with E-state index in [9.17, 15) is 9.59 Å². The van der Waals surface area contributed by atoms with E-state index < -0.39 is 0 Å². The van der Waals surface area contributed by atoms with E-state index in [4.69, 9.17) is 4.42 Å². The lowest BCUT2D eigenvalue weighted by atomic mass is 9.96. The predicted molar refractivity (Wildman–Crippen MR) is 109 cm³/mol. The van der Waals surface area contributed by atoms with Crippen LogP contribution >= 0.6 is 0 Å². The summed E-state index contributed by atoms with van der Waals surface area (Å²) in [5.74, 6) is 0.510. The van der Waals surface area contributed by atoms with E-state index in [1.807, 2.05) is 26.8 Å². The Hall–Kier alpha value is -2.57. The van der Waals surface area contributed by atoms with Crippen molar-refractivity contribution in [2.45, 2.75) is 70.8 Å². The van der Waals surface area contributed by atoms with Gasteiger partial charge in [0.1, 0.15) is 5.52 Å². The van der Waals surface area contributed by atoms with Crippen LogP contribution in [0.3, 0.4) is 0 Å². The summed E-state index contributed by atoms with van der Waals surface area (Å²) in [6, 6.07) is 5.47. The first kappa shape index (κ1) is 20.2. The molecule has 0 atom stereocenters. The molecule has 0 bridgehead atoms. The van der Waals surface area contributed by atoms with Crippen molar-refractivity contribution < 1.29 is 14.0 Å². The highest BCUT2D eigenvalue weighted by Gasteiger charge is 2.21. The van der Waals surface area contributed by atoms with Crippen LogP contribution in [-0.2, 0) is 10.2 Å². The summed E-state index contributed by atoms with van der Waals surface area (Å²) >= 11 is 0. The molecule has 0 saturated heterocycles. The molecule has 152 valence electrons. The van der Waals surface area contributed by atoms with Gasteiger partial charge in [-0.2, -0.15) is 0 Å². The highest BCUT2D eigenvalue weighted by Crippen LogP contribution is 2.27. The lowest BCUT2D eigenvalue weighted by molar-refractivity contribution is -0.116. The number of rotatable bonds is 5. The molecule has 1 aromatic carbocycles. The first-order chi connectivity index (χ1) is 13.3. The van der Waals surface area contributed by atoms with Crippen LogP contribution in [-0.4, -0.2) is 29.5 Å². The SMILES string of the molecule is CC(C)(C)c1nc2cc(NC(=O)CCNC(=O)NC3CCCCC3)ccc2o1. The van der Waals surface area contributed by atoms with Crippen LogP contribution in [0.15, 0.2) is 22.6 Å². The number of benzene rings is 1. The number of nitrogens with zero attached hydrogens (tertiary/aromatic N) is 1. The van der Waals surface area contributed by atoms with Crippen molar-refractivity contribution in [3.63, 3.8) is 0 Å². The third-order valence-corrected chi connectivity index (χ3v) is 4.89. The zero-order valence-corrected chi connectivity index (χ0v) is 16.9. The first-order valence-electron chi connectivity index (χ1n) is 10.1. The minimum absolute atomic E-state index is 0.156. The molecule has 0 spiro atoms. The van der Waals surface area contributed by atoms with Gasteiger partial charge >= 0.3 is 6.03 Å². The summed E-state index contributed by atoms with van der Waals surface area (Å²) in [5, 5.41) is 8.58. The zero-order chi connectivity index (χ0) is 20.1. The molecule has 28 heavy (non-hydrogen) atoms. The molecule has 0 aliphatic heterocycles. The van der Waals surface area contributed by atoms with Gasteiger partial charge in [0.2, 0.25) is 11.8 Å². The highest BCUT2D eigenvalue weighted by molar-refractivity contribution is 5.93. The number of amides is 3. The van der Waals surface area contributed by atoms with E-state index in [1.54, 1.807) is 12.1 Å². The second kappa shape index (κ2) is 8.63. The first-order valence-corrected chi connectivity index (χ1v) is 10.1. The van der Waals surface area contributed by atoms with Crippen LogP contribution in [0.25, 0.3) is 11.1 Å². The Morgan fingerprint density at radius 3 is 2.64 bits per heavy atom. The van der Waals surface area contributed by atoms with E-state index in [0.717, 1.165) is 12.8 Å². The highest BCUT2D eigenvalue weighted by atomic mass is 16.3. The van der Waals surface area contributed by atoms with Crippen LogP contribution in [0.1, 0.15) is 65.2 Å². The number of aromatic nitrogens is 1. The minimum atomic E-state index is -0.196. The number of anilines is 1. The molecule has 3 N–H and O–H groups in total. The van der Waals surface area contributed by atoms with Gasteiger partial charge in [0.25, 0.3) is 0 Å². The smallest absolute Gasteiger partial charge is 0.315 e. The standard InChI is InChI=1S/C21H30N4O3/c1-21(2,3)19-25-16-13-15(9-10-17(16)28-19)23-18(26)11-12-22-20(27)24-14-7-5-4-6-8-14/h9-10,13-14H,4-8,11-12H2,1-3H3,(H,23,26)(H2,22,24,27). The maximum absolute atomic E-state index is 12.2. The molecule has 1 aromatic heterocycles. The van der Waals surface area contributed by atoms with Gasteiger partial charge in [0.15, 0.2) is 5.58 Å². The second-order valence-corrected chi connectivity index (χ2v) is 8.48. The summed E-state index contributed by atoms with van der Waals surface area (Å²) in [6.45, 7) is 6.41. The molecule has 1 fully saturated rings. The van der Waals surface area contributed by atoms with Gasteiger partial charge in [-0.3, -0.25) is 4.79 Å². The van der Waals surface area contributed by atoms with Crippen molar-refractivity contribution in [3.8, 4) is 0 Å². The molecule has 0 radical (unpaired) electrons. The fourth-order valence-electron chi connectivity index (χ4n) is 3.32. The number of hydrogen-bond acceptors (Lipinski definition) is 4. The zero-order valence-electron chi connectivity index (χ0n) is 16.9. The molecule has 0 unspecified atom stereocenters. The van der Waals surface area contributed by atoms with Crippen LogP contribution in [0.5, 0.6) is 0 Å². The van der Waals surface area contributed by atoms with Crippen LogP contribution in [0.2, 0.25) is 0 Å². The predicted octanol–water partition coefficient (Wildman–Crippen LogP) is 4.09. The summed E-state index contributed by atoms with van der Waals surface area (Å²) < 4.78 is 5.77. The Kier molecular flexibility index (Phi) is 6.21. The maximum Gasteiger partial charge on any atom is 0.315 e. The third-order valence-electron chi connectivity index (χ3n) is 4.89. The van der Waals surface area contributed by atoms with Crippen molar-refractivity contribution in [2.24, 2.45) is 0 Å². The Morgan fingerprint density at radius 1 is 1.18 bits per heavy atom. The quantitative estimate of drug-likeness (QED) is 0.721. The van der Waals surface area contributed by atoms with Gasteiger partial charge in [-0.25, -0.2) is 9.78 Å². The van der Waals surface area contributed by atoms with E-state index in [1.165, 1.54) is 19.3 Å². The number of oxazole rings is 1. The number of nitrogens with one attached hydrogen (secondary N) is 3. The van der Waals surface area contributed by atoms with E-state index >= 15 is 0 Å². The molecule has 1 heterocycles. The largest absolute Gasteiger partial charge is 0.440 e. The van der Waals surface area contributed by atoms with Gasteiger partial charge < -0.3 is 20.4 Å². The van der Waals surface area contributed by atoms with Crippen molar-refractivity contribution in [2.75, 3.05) is 11.9 Å². The monoisotopic (exact) mass is 386 g/mol. The average Bonchev–Trinajstić information content (AvgIpc) is 3.06. The topological polar surface area (TPSA) is 96.3 Å². The van der Waals surface area contributed by atoms with Crippen molar-refractivity contribution >= 4 is 28.7 Å². The Balaban J connectivity index is 1.45.